The number of nitrogens with zero attached hydrogens (tertiary/aromatic N) is 3. The fourth-order valence-electron chi connectivity index (χ4n) is 2.67. The third-order valence-corrected chi connectivity index (χ3v) is 4.10. The lowest BCUT2D eigenvalue weighted by Crippen LogP contribution is -2.24. The standard InChI is InChI=1S/C19H20N4O5/c1-3-22-14(8-9-21-22)11-20-19(24)18-7-5-15(28-18)12-27-17-6-4-13(2)10-16(17)23(25)26/h4-10H,3,11-12H2,1-2H3,(H,20,24). The van der Waals surface area contributed by atoms with Crippen molar-refractivity contribution in [2.45, 2.75) is 33.5 Å². The van der Waals surface area contributed by atoms with E-state index < -0.39 is 4.92 Å². The van der Waals surface area contributed by atoms with Crippen LogP contribution < -0.4 is 10.1 Å². The van der Waals surface area contributed by atoms with Gasteiger partial charge in [0.05, 0.1) is 17.2 Å². The number of carbonyl (C=O) groups is 1. The molecule has 1 N–H and O–H groups in total. The highest BCUT2D eigenvalue weighted by Gasteiger charge is 2.17. The van der Waals surface area contributed by atoms with Crippen molar-refractivity contribution < 1.29 is 18.9 Å². The average molecular weight is 384 g/mol. The summed E-state index contributed by atoms with van der Waals surface area (Å²) in [6.45, 7) is 4.75. The van der Waals surface area contributed by atoms with E-state index in [-0.39, 0.29) is 29.7 Å². The van der Waals surface area contributed by atoms with Crippen LogP contribution >= 0.6 is 0 Å². The van der Waals surface area contributed by atoms with Crippen LogP contribution in [0, 0.1) is 17.0 Å². The molecular weight excluding hydrogens is 364 g/mol. The zero-order valence-corrected chi connectivity index (χ0v) is 15.5. The Morgan fingerprint density at radius 2 is 2.14 bits per heavy atom. The van der Waals surface area contributed by atoms with Crippen molar-refractivity contribution in [3.8, 4) is 5.75 Å². The summed E-state index contributed by atoms with van der Waals surface area (Å²) < 4.78 is 12.8. The Balaban J connectivity index is 1.60. The zero-order valence-electron chi connectivity index (χ0n) is 15.5. The molecule has 0 saturated carbocycles. The highest BCUT2D eigenvalue weighted by molar-refractivity contribution is 5.91. The molecule has 9 heteroatoms. The molecule has 0 aliphatic heterocycles. The Morgan fingerprint density at radius 3 is 2.89 bits per heavy atom. The molecule has 0 spiro atoms. The quantitative estimate of drug-likeness (QED) is 0.471. The van der Waals surface area contributed by atoms with Crippen molar-refractivity contribution in [1.29, 1.82) is 0 Å². The molecule has 1 aromatic carbocycles. The first-order valence-electron chi connectivity index (χ1n) is 8.73. The number of nitrogens with one attached hydrogen (secondary N) is 1. The van der Waals surface area contributed by atoms with Crippen LogP contribution in [0.4, 0.5) is 5.69 Å². The zero-order chi connectivity index (χ0) is 20.1. The summed E-state index contributed by atoms with van der Waals surface area (Å²) in [5.41, 5.74) is 1.54. The largest absolute Gasteiger partial charge is 0.479 e. The van der Waals surface area contributed by atoms with Gasteiger partial charge in [0.1, 0.15) is 12.4 Å². The molecule has 2 aromatic heterocycles. The van der Waals surface area contributed by atoms with Crippen LogP contribution in [0.15, 0.2) is 47.0 Å². The van der Waals surface area contributed by atoms with Gasteiger partial charge in [0, 0.05) is 18.8 Å². The number of rotatable bonds is 8. The van der Waals surface area contributed by atoms with Gasteiger partial charge in [-0.15, -0.1) is 0 Å². The van der Waals surface area contributed by atoms with Gasteiger partial charge in [-0.2, -0.15) is 5.10 Å². The number of nitro groups is 1. The number of carbonyl (C=O) groups excluding carboxylic acids is 1. The van der Waals surface area contributed by atoms with Crippen LogP contribution in [0.25, 0.3) is 0 Å². The van der Waals surface area contributed by atoms with E-state index in [0.717, 1.165) is 11.3 Å². The van der Waals surface area contributed by atoms with E-state index in [1.807, 2.05) is 13.0 Å². The molecule has 0 radical (unpaired) electrons. The number of nitro benzene ring substituents is 1. The van der Waals surface area contributed by atoms with E-state index in [1.54, 1.807) is 36.0 Å². The molecule has 0 aliphatic rings. The van der Waals surface area contributed by atoms with E-state index in [4.69, 9.17) is 9.15 Å². The fraction of sp³-hybridized carbons (Fsp3) is 0.263. The Morgan fingerprint density at radius 1 is 1.32 bits per heavy atom. The SMILES string of the molecule is CCn1nccc1CNC(=O)c1ccc(COc2ccc(C)cc2[N+](=O)[O-])o1. The maximum atomic E-state index is 12.2. The molecule has 0 aliphatic carbocycles. The number of ether oxygens (including phenoxy) is 1. The van der Waals surface area contributed by atoms with Crippen LogP contribution in [0.1, 0.15) is 34.5 Å². The van der Waals surface area contributed by atoms with Crippen molar-refractivity contribution in [1.82, 2.24) is 15.1 Å². The number of amides is 1. The van der Waals surface area contributed by atoms with E-state index in [0.29, 0.717) is 18.8 Å². The summed E-state index contributed by atoms with van der Waals surface area (Å²) in [6, 6.07) is 9.68. The average Bonchev–Trinajstić information content (AvgIpc) is 3.34. The lowest BCUT2D eigenvalue weighted by atomic mass is 10.2. The van der Waals surface area contributed by atoms with Gasteiger partial charge < -0.3 is 14.5 Å². The maximum Gasteiger partial charge on any atom is 0.311 e. The Bertz CT molecular complexity index is 992. The molecule has 1 amide bonds. The fourth-order valence-corrected chi connectivity index (χ4v) is 2.67. The highest BCUT2D eigenvalue weighted by Crippen LogP contribution is 2.28. The van der Waals surface area contributed by atoms with Gasteiger partial charge in [-0.25, -0.2) is 0 Å². The summed E-state index contributed by atoms with van der Waals surface area (Å²) in [5.74, 6) is 0.306. The third kappa shape index (κ3) is 4.37. The van der Waals surface area contributed by atoms with Crippen LogP contribution in [0.3, 0.4) is 0 Å². The first kappa shape index (κ1) is 19.2. The molecule has 0 unspecified atom stereocenters. The molecular formula is C19H20N4O5. The van der Waals surface area contributed by atoms with Gasteiger partial charge in [-0.05, 0) is 43.7 Å². The monoisotopic (exact) mass is 384 g/mol. The molecule has 0 atom stereocenters. The molecule has 28 heavy (non-hydrogen) atoms. The molecule has 146 valence electrons. The highest BCUT2D eigenvalue weighted by atomic mass is 16.6. The van der Waals surface area contributed by atoms with Crippen molar-refractivity contribution >= 4 is 11.6 Å². The topological polar surface area (TPSA) is 112 Å². The van der Waals surface area contributed by atoms with Crippen molar-refractivity contribution in [3.05, 3.63) is 75.5 Å². The molecule has 0 saturated heterocycles. The van der Waals surface area contributed by atoms with Crippen molar-refractivity contribution in [3.63, 3.8) is 0 Å². The van der Waals surface area contributed by atoms with E-state index >= 15 is 0 Å². The first-order chi connectivity index (χ1) is 13.5. The van der Waals surface area contributed by atoms with Gasteiger partial charge in [-0.3, -0.25) is 19.6 Å². The van der Waals surface area contributed by atoms with E-state index in [2.05, 4.69) is 10.4 Å². The molecule has 9 nitrogen and oxygen atoms in total. The van der Waals surface area contributed by atoms with Crippen molar-refractivity contribution in [2.75, 3.05) is 0 Å². The minimum Gasteiger partial charge on any atom is -0.479 e. The van der Waals surface area contributed by atoms with Gasteiger partial charge in [-0.1, -0.05) is 6.07 Å². The second kappa shape index (κ2) is 8.38. The van der Waals surface area contributed by atoms with Gasteiger partial charge >= 0.3 is 5.69 Å². The van der Waals surface area contributed by atoms with Crippen LogP contribution in [0.2, 0.25) is 0 Å². The minimum atomic E-state index is -0.496. The summed E-state index contributed by atoms with van der Waals surface area (Å²) in [7, 11) is 0. The first-order valence-corrected chi connectivity index (χ1v) is 8.73. The van der Waals surface area contributed by atoms with Crippen LogP contribution in [-0.4, -0.2) is 20.6 Å². The molecule has 3 aromatic rings. The predicted molar refractivity (Wildman–Crippen MR) is 99.9 cm³/mol. The molecule has 2 heterocycles. The summed E-state index contributed by atoms with van der Waals surface area (Å²) in [6.07, 6.45) is 1.68. The molecule has 0 bridgehead atoms. The lowest BCUT2D eigenvalue weighted by Gasteiger charge is -2.06. The van der Waals surface area contributed by atoms with E-state index in [1.165, 1.54) is 12.1 Å². The smallest absolute Gasteiger partial charge is 0.311 e. The number of aryl methyl sites for hydroxylation is 2. The third-order valence-electron chi connectivity index (χ3n) is 4.10. The second-order valence-electron chi connectivity index (χ2n) is 6.10. The predicted octanol–water partition coefficient (Wildman–Crippen LogP) is 3.22. The van der Waals surface area contributed by atoms with Gasteiger partial charge in [0.15, 0.2) is 11.5 Å². The lowest BCUT2D eigenvalue weighted by molar-refractivity contribution is -0.386. The van der Waals surface area contributed by atoms with Crippen molar-refractivity contribution in [2.24, 2.45) is 0 Å². The second-order valence-corrected chi connectivity index (χ2v) is 6.10. The number of hydrogen-bond donors (Lipinski definition) is 1. The Kier molecular flexibility index (Phi) is 5.73. The van der Waals surface area contributed by atoms with Crippen LogP contribution in [0.5, 0.6) is 5.75 Å². The Labute approximate surface area is 161 Å². The maximum absolute atomic E-state index is 12.2. The molecule has 0 fully saturated rings. The molecule has 3 rings (SSSR count). The number of aromatic nitrogens is 2. The van der Waals surface area contributed by atoms with Gasteiger partial charge in [0.2, 0.25) is 0 Å². The van der Waals surface area contributed by atoms with E-state index in [9.17, 15) is 14.9 Å². The minimum absolute atomic E-state index is 0.0280. The van der Waals surface area contributed by atoms with Gasteiger partial charge in [0.25, 0.3) is 5.91 Å². The summed E-state index contributed by atoms with van der Waals surface area (Å²) in [5, 5.41) is 18.1. The summed E-state index contributed by atoms with van der Waals surface area (Å²) in [4.78, 5) is 22.9. The number of furan rings is 1. The normalized spacial score (nSPS) is 10.6. The number of benzene rings is 1. The number of hydrogen-bond acceptors (Lipinski definition) is 6. The summed E-state index contributed by atoms with van der Waals surface area (Å²) >= 11 is 0. The van der Waals surface area contributed by atoms with Crippen LogP contribution in [-0.2, 0) is 19.7 Å². The Hall–Kier alpha value is -3.62.